The fourth-order valence-electron chi connectivity index (χ4n) is 3.09. The van der Waals surface area contributed by atoms with Crippen LogP contribution < -0.4 is 9.47 Å². The molecule has 5 heteroatoms. The van der Waals surface area contributed by atoms with Crippen LogP contribution in [0.3, 0.4) is 0 Å². The summed E-state index contributed by atoms with van der Waals surface area (Å²) in [6.07, 6.45) is 3.94. The minimum Gasteiger partial charge on any atom is -0.486 e. The molecule has 0 atom stereocenters. The van der Waals surface area contributed by atoms with E-state index in [-0.39, 0.29) is 5.56 Å². The smallest absolute Gasteiger partial charge is 0.417 e. The molecule has 3 rings (SSSR count). The van der Waals surface area contributed by atoms with Crippen molar-refractivity contribution in [2.24, 2.45) is 0 Å². The van der Waals surface area contributed by atoms with Gasteiger partial charge in [-0.25, -0.2) is 0 Å². The molecule has 0 aromatic heterocycles. The fraction of sp³-hybridized carbons (Fsp3) is 0.474. The lowest BCUT2D eigenvalue weighted by Crippen LogP contribution is -2.16. The van der Waals surface area contributed by atoms with Gasteiger partial charge in [0.25, 0.3) is 0 Å². The molecule has 0 saturated carbocycles. The summed E-state index contributed by atoms with van der Waals surface area (Å²) in [5.74, 6) is 0.910. The van der Waals surface area contributed by atoms with Gasteiger partial charge in [0.15, 0.2) is 11.5 Å². The van der Waals surface area contributed by atoms with Crippen LogP contribution in [-0.2, 0) is 0 Å². The lowest BCUT2D eigenvalue weighted by atomic mass is 10.0. The summed E-state index contributed by atoms with van der Waals surface area (Å²) in [7, 11) is 0. The highest BCUT2D eigenvalue weighted by Gasteiger charge is 2.40. The summed E-state index contributed by atoms with van der Waals surface area (Å²) in [6, 6.07) is 3.14. The Hall–Kier alpha value is -1.91. The third-order valence-electron chi connectivity index (χ3n) is 4.31. The van der Waals surface area contributed by atoms with Crippen LogP contribution in [0.1, 0.15) is 50.2 Å². The molecule has 1 aliphatic heterocycles. The molecule has 1 aromatic carbocycles. The summed E-state index contributed by atoms with van der Waals surface area (Å²) in [5.41, 5.74) is 0.800. The number of ether oxygens (including phenoxy) is 2. The molecule has 0 bridgehead atoms. The molecule has 2 nitrogen and oxygen atoms in total. The zero-order chi connectivity index (χ0) is 17.2. The molecular formula is C19H21F3O2. The van der Waals surface area contributed by atoms with Gasteiger partial charge >= 0.3 is 6.18 Å². The first-order valence-corrected chi connectivity index (χ1v) is 8.44. The van der Waals surface area contributed by atoms with Gasteiger partial charge in [0.2, 0.25) is 0 Å². The first kappa shape index (κ1) is 16.9. The molecule has 1 aromatic rings. The van der Waals surface area contributed by atoms with Crippen molar-refractivity contribution in [3.63, 3.8) is 0 Å². The fourth-order valence-corrected chi connectivity index (χ4v) is 3.09. The molecule has 0 unspecified atom stereocenters. The Morgan fingerprint density at radius 1 is 1.00 bits per heavy atom. The Bertz CT molecular complexity index is 672. The summed E-state index contributed by atoms with van der Waals surface area (Å²) in [4.78, 5) is 0. The minimum absolute atomic E-state index is 0.187. The average molecular weight is 338 g/mol. The van der Waals surface area contributed by atoms with Crippen molar-refractivity contribution in [2.45, 2.75) is 45.2 Å². The largest absolute Gasteiger partial charge is 0.486 e. The summed E-state index contributed by atoms with van der Waals surface area (Å²) in [5, 5.41) is 0. The van der Waals surface area contributed by atoms with Crippen LogP contribution in [0.25, 0.3) is 11.1 Å². The third-order valence-corrected chi connectivity index (χ3v) is 4.31. The number of rotatable bonds is 5. The van der Waals surface area contributed by atoms with E-state index in [1.54, 1.807) is 6.07 Å². The SMILES string of the molecule is CCCCCC/C=C1\C=C(C(F)(F)F)c2cc3c(cc21)OCCO3. The molecule has 24 heavy (non-hydrogen) atoms. The molecule has 0 amide bonds. The summed E-state index contributed by atoms with van der Waals surface area (Å²) < 4.78 is 51.0. The maximum absolute atomic E-state index is 13.4. The molecular weight excluding hydrogens is 317 g/mol. The summed E-state index contributed by atoms with van der Waals surface area (Å²) >= 11 is 0. The number of halogens is 3. The monoisotopic (exact) mass is 338 g/mol. The molecule has 130 valence electrons. The number of hydrogen-bond donors (Lipinski definition) is 0. The molecule has 0 spiro atoms. The van der Waals surface area contributed by atoms with Crippen LogP contribution in [0, 0.1) is 0 Å². The number of benzene rings is 1. The first-order chi connectivity index (χ1) is 11.5. The van der Waals surface area contributed by atoms with E-state index in [1.807, 2.05) is 6.08 Å². The first-order valence-electron chi connectivity index (χ1n) is 8.44. The van der Waals surface area contributed by atoms with Gasteiger partial charge in [-0.1, -0.05) is 32.3 Å². The van der Waals surface area contributed by atoms with Gasteiger partial charge in [-0.3, -0.25) is 0 Å². The zero-order valence-corrected chi connectivity index (χ0v) is 13.7. The average Bonchev–Trinajstić information content (AvgIpc) is 2.90. The molecule has 2 aliphatic rings. The normalized spacial score (nSPS) is 17.8. The molecule has 0 fully saturated rings. The van der Waals surface area contributed by atoms with Crippen molar-refractivity contribution in [1.29, 1.82) is 0 Å². The highest BCUT2D eigenvalue weighted by molar-refractivity contribution is 5.98. The van der Waals surface area contributed by atoms with Gasteiger partial charge in [0.1, 0.15) is 13.2 Å². The maximum Gasteiger partial charge on any atom is 0.417 e. The van der Waals surface area contributed by atoms with Crippen LogP contribution in [0.5, 0.6) is 11.5 Å². The van der Waals surface area contributed by atoms with Crippen molar-refractivity contribution < 1.29 is 22.6 Å². The van der Waals surface area contributed by atoms with Gasteiger partial charge in [-0.2, -0.15) is 13.2 Å². The number of fused-ring (bicyclic) bond motifs is 2. The van der Waals surface area contributed by atoms with E-state index < -0.39 is 11.7 Å². The van der Waals surface area contributed by atoms with E-state index >= 15 is 0 Å². The molecule has 0 saturated heterocycles. The van der Waals surface area contributed by atoms with Crippen molar-refractivity contribution in [3.8, 4) is 11.5 Å². The topological polar surface area (TPSA) is 18.5 Å². The minimum atomic E-state index is -4.38. The molecule has 0 radical (unpaired) electrons. The zero-order valence-electron chi connectivity index (χ0n) is 13.7. The lowest BCUT2D eigenvalue weighted by molar-refractivity contribution is -0.0687. The third kappa shape index (κ3) is 3.45. The van der Waals surface area contributed by atoms with Crippen molar-refractivity contribution in [1.82, 2.24) is 0 Å². The Morgan fingerprint density at radius 2 is 1.67 bits per heavy atom. The Morgan fingerprint density at radius 3 is 2.29 bits per heavy atom. The second kappa shape index (κ2) is 6.91. The highest BCUT2D eigenvalue weighted by Crippen LogP contribution is 2.48. The van der Waals surface area contributed by atoms with Crippen LogP contribution in [-0.4, -0.2) is 19.4 Å². The Kier molecular flexibility index (Phi) is 4.88. The quantitative estimate of drug-likeness (QED) is 0.635. The van der Waals surface area contributed by atoms with Crippen molar-refractivity contribution >= 4 is 11.1 Å². The van der Waals surface area contributed by atoms with Crippen molar-refractivity contribution in [2.75, 3.05) is 13.2 Å². The standard InChI is InChI=1S/C19H21F3O2/c1-2-3-4-5-6-7-13-10-16(19(20,21)22)15-12-18-17(11-14(13)15)23-8-9-24-18/h7,10-12H,2-6,8-9H2,1H3/b13-7+. The predicted molar refractivity (Wildman–Crippen MR) is 88.2 cm³/mol. The Labute approximate surface area is 140 Å². The van der Waals surface area contributed by atoms with Gasteiger partial charge in [-0.05, 0) is 47.8 Å². The van der Waals surface area contributed by atoms with E-state index in [4.69, 9.17) is 9.47 Å². The lowest BCUT2D eigenvalue weighted by Gasteiger charge is -2.20. The van der Waals surface area contributed by atoms with Crippen LogP contribution in [0.2, 0.25) is 0 Å². The van der Waals surface area contributed by atoms with Gasteiger partial charge in [-0.15, -0.1) is 0 Å². The van der Waals surface area contributed by atoms with Crippen LogP contribution >= 0.6 is 0 Å². The number of unbranched alkanes of at least 4 members (excludes halogenated alkanes) is 4. The van der Waals surface area contributed by atoms with E-state index in [2.05, 4.69) is 6.92 Å². The number of hydrogen-bond acceptors (Lipinski definition) is 2. The predicted octanol–water partition coefficient (Wildman–Crippen LogP) is 5.77. The number of alkyl halides is 3. The highest BCUT2D eigenvalue weighted by atomic mass is 19.4. The van der Waals surface area contributed by atoms with E-state index in [9.17, 15) is 13.2 Å². The van der Waals surface area contributed by atoms with Crippen LogP contribution in [0.15, 0.2) is 24.3 Å². The van der Waals surface area contributed by atoms with Gasteiger partial charge in [0.05, 0.1) is 5.57 Å². The van der Waals surface area contributed by atoms with Crippen molar-refractivity contribution in [3.05, 3.63) is 35.4 Å². The molecule has 1 heterocycles. The van der Waals surface area contributed by atoms with Crippen LogP contribution in [0.4, 0.5) is 13.2 Å². The van der Waals surface area contributed by atoms with Gasteiger partial charge in [0, 0.05) is 0 Å². The van der Waals surface area contributed by atoms with E-state index in [0.717, 1.165) is 32.1 Å². The molecule has 0 N–H and O–H groups in total. The number of allylic oxidation sites excluding steroid dienone is 4. The van der Waals surface area contributed by atoms with E-state index in [1.165, 1.54) is 12.1 Å². The molecule has 1 aliphatic carbocycles. The summed E-state index contributed by atoms with van der Waals surface area (Å²) in [6.45, 7) is 2.91. The van der Waals surface area contributed by atoms with Gasteiger partial charge < -0.3 is 9.47 Å². The second-order valence-corrected chi connectivity index (χ2v) is 6.11. The second-order valence-electron chi connectivity index (χ2n) is 6.11. The van der Waals surface area contributed by atoms with E-state index in [0.29, 0.717) is 35.8 Å². The maximum atomic E-state index is 13.4. The Balaban J connectivity index is 1.92.